The molecule has 3 aliphatic heterocycles. The average molecular weight is 360 g/mol. The summed E-state index contributed by atoms with van der Waals surface area (Å²) in [5.74, 6) is -2.54. The first kappa shape index (κ1) is 18.6. The zero-order chi connectivity index (χ0) is 19.4. The fourth-order valence-corrected chi connectivity index (χ4v) is 3.76. The Morgan fingerprint density at radius 2 is 2.08 bits per heavy atom. The largest absolute Gasteiger partial charge is 0.486 e. The Kier molecular flexibility index (Phi) is 4.24. The molecule has 2 fully saturated rings. The maximum atomic E-state index is 12.6. The van der Waals surface area contributed by atoms with Crippen LogP contribution in [-0.4, -0.2) is 40.5 Å². The Hall–Kier alpha value is -2.18. The monoisotopic (exact) mass is 360 g/mol. The van der Waals surface area contributed by atoms with Crippen LogP contribution in [0.3, 0.4) is 0 Å². The van der Waals surface area contributed by atoms with Gasteiger partial charge in [0.25, 0.3) is 0 Å². The molecule has 0 amide bonds. The Morgan fingerprint density at radius 3 is 2.69 bits per heavy atom. The number of ketones is 1. The molecule has 0 aromatic heterocycles. The lowest BCUT2D eigenvalue weighted by Crippen LogP contribution is -2.43. The van der Waals surface area contributed by atoms with Crippen molar-refractivity contribution in [2.24, 2.45) is 5.92 Å². The van der Waals surface area contributed by atoms with Crippen molar-refractivity contribution in [1.82, 2.24) is 0 Å². The highest BCUT2D eigenvalue weighted by atomic mass is 16.7. The number of Topliss-reactive ketones (excluding diaryl/α,β-unsaturated/α-hetero) is 1. The first-order valence-electron chi connectivity index (χ1n) is 8.53. The van der Waals surface area contributed by atoms with Gasteiger partial charge in [-0.25, -0.2) is 4.79 Å². The summed E-state index contributed by atoms with van der Waals surface area (Å²) in [6.07, 6.45) is 0.343. The summed E-state index contributed by atoms with van der Waals surface area (Å²) in [5, 5.41) is 10.8. The van der Waals surface area contributed by atoms with Gasteiger partial charge in [-0.05, 0) is 38.0 Å². The molecule has 0 unspecified atom stereocenters. The second kappa shape index (κ2) is 5.93. The highest BCUT2D eigenvalue weighted by Crippen LogP contribution is 2.47. The van der Waals surface area contributed by atoms with Crippen molar-refractivity contribution >= 4 is 11.8 Å². The first-order valence-corrected chi connectivity index (χ1v) is 8.53. The predicted octanol–water partition coefficient (Wildman–Crippen LogP) is 2.35. The highest BCUT2D eigenvalue weighted by Gasteiger charge is 2.57. The Balaban J connectivity index is 2.09. The van der Waals surface area contributed by atoms with Crippen molar-refractivity contribution in [3.05, 3.63) is 48.3 Å². The van der Waals surface area contributed by atoms with Gasteiger partial charge < -0.3 is 19.3 Å². The molecule has 2 bridgehead atoms. The highest BCUT2D eigenvalue weighted by molar-refractivity contribution is 5.90. The van der Waals surface area contributed by atoms with Crippen LogP contribution in [0.25, 0.3) is 0 Å². The van der Waals surface area contributed by atoms with Crippen LogP contribution in [0.5, 0.6) is 0 Å². The van der Waals surface area contributed by atoms with E-state index in [1.54, 1.807) is 26.8 Å². The quantitative estimate of drug-likeness (QED) is 0.462. The molecule has 0 spiro atoms. The van der Waals surface area contributed by atoms with E-state index in [1.165, 1.54) is 0 Å². The topological polar surface area (TPSA) is 82.1 Å². The van der Waals surface area contributed by atoms with E-state index < -0.39 is 35.5 Å². The Bertz CT molecular complexity index is 762. The summed E-state index contributed by atoms with van der Waals surface area (Å²) in [4.78, 5) is 24.8. The van der Waals surface area contributed by atoms with Gasteiger partial charge in [0.2, 0.25) is 0 Å². The molecular formula is C20H24O6. The number of rotatable bonds is 2. The van der Waals surface area contributed by atoms with Crippen molar-refractivity contribution in [2.45, 2.75) is 57.2 Å². The van der Waals surface area contributed by atoms with Crippen LogP contribution in [0.2, 0.25) is 0 Å². The summed E-state index contributed by atoms with van der Waals surface area (Å²) in [7, 11) is 0. The number of carbonyl (C=O) groups excluding carboxylic acids is 2. The third-order valence-electron chi connectivity index (χ3n) is 5.41. The molecule has 0 aromatic carbocycles. The van der Waals surface area contributed by atoms with Gasteiger partial charge in [0.15, 0.2) is 11.6 Å². The fraction of sp³-hybridized carbons (Fsp3) is 0.500. The molecule has 0 aliphatic carbocycles. The van der Waals surface area contributed by atoms with Gasteiger partial charge in [-0.3, -0.25) is 4.79 Å². The summed E-state index contributed by atoms with van der Waals surface area (Å²) < 4.78 is 17.2. The van der Waals surface area contributed by atoms with Gasteiger partial charge in [-0.2, -0.15) is 0 Å². The third kappa shape index (κ3) is 2.83. The summed E-state index contributed by atoms with van der Waals surface area (Å²) >= 11 is 0. The second-order valence-electron chi connectivity index (χ2n) is 7.55. The number of hydrogen-bond acceptors (Lipinski definition) is 6. The van der Waals surface area contributed by atoms with Gasteiger partial charge in [0.1, 0.15) is 23.6 Å². The van der Waals surface area contributed by atoms with E-state index >= 15 is 0 Å². The zero-order valence-corrected chi connectivity index (χ0v) is 15.3. The number of fused-ring (bicyclic) bond motifs is 3. The van der Waals surface area contributed by atoms with Crippen LogP contribution >= 0.6 is 0 Å². The molecule has 0 saturated carbocycles. The molecule has 5 atom stereocenters. The third-order valence-corrected chi connectivity index (χ3v) is 5.41. The average Bonchev–Trinajstić information content (AvgIpc) is 2.93. The summed E-state index contributed by atoms with van der Waals surface area (Å²) in [6, 6.07) is 0. The Labute approximate surface area is 152 Å². The van der Waals surface area contributed by atoms with E-state index in [-0.39, 0.29) is 24.2 Å². The number of ether oxygens (including phenoxy) is 3. The van der Waals surface area contributed by atoms with Crippen LogP contribution < -0.4 is 0 Å². The molecule has 3 aliphatic rings. The van der Waals surface area contributed by atoms with E-state index in [0.717, 1.165) is 0 Å². The minimum absolute atomic E-state index is 0.0745. The standard InChI is InChI=1S/C20H24O6/c1-10(2)18(22)25-15-8-19(6)16(21)9-20(23,26-19)11(3)7-14-17(15)12(4)13(5)24-14/h7,14-15,17,23H,1,4-5,8-9H2,2-3,6H3/b11-7-/t14-,15-,17+,19+,20-/m1/s1. The van der Waals surface area contributed by atoms with Crippen LogP contribution in [0.15, 0.2) is 48.3 Å². The lowest BCUT2D eigenvalue weighted by atomic mass is 9.81. The minimum atomic E-state index is -1.70. The fourth-order valence-electron chi connectivity index (χ4n) is 3.76. The van der Waals surface area contributed by atoms with Gasteiger partial charge in [0.05, 0.1) is 12.3 Å². The molecule has 2 saturated heterocycles. The Morgan fingerprint density at radius 1 is 1.42 bits per heavy atom. The number of hydrogen-bond donors (Lipinski definition) is 1. The number of allylic oxidation sites excluding steroid dienone is 1. The van der Waals surface area contributed by atoms with E-state index in [2.05, 4.69) is 19.7 Å². The number of carbonyl (C=O) groups is 2. The maximum Gasteiger partial charge on any atom is 0.333 e. The van der Waals surface area contributed by atoms with Crippen molar-refractivity contribution in [1.29, 1.82) is 0 Å². The minimum Gasteiger partial charge on any atom is -0.486 e. The summed E-state index contributed by atoms with van der Waals surface area (Å²) in [5.41, 5.74) is 0.0262. The van der Waals surface area contributed by atoms with Gasteiger partial charge in [-0.1, -0.05) is 19.7 Å². The molecule has 26 heavy (non-hydrogen) atoms. The normalized spacial score (nSPS) is 41.3. The molecule has 0 aromatic rings. The number of aliphatic hydroxyl groups is 1. The molecule has 140 valence electrons. The van der Waals surface area contributed by atoms with E-state index in [1.807, 2.05) is 0 Å². The number of esters is 1. The first-order chi connectivity index (χ1) is 12.0. The van der Waals surface area contributed by atoms with E-state index in [0.29, 0.717) is 16.9 Å². The molecule has 1 N–H and O–H groups in total. The molecule has 0 radical (unpaired) electrons. The molecule has 6 heteroatoms. The molecule has 3 rings (SSSR count). The van der Waals surface area contributed by atoms with Gasteiger partial charge in [-0.15, -0.1) is 0 Å². The lowest BCUT2D eigenvalue weighted by Gasteiger charge is -2.32. The van der Waals surface area contributed by atoms with Crippen molar-refractivity contribution < 1.29 is 28.9 Å². The molecule has 3 heterocycles. The van der Waals surface area contributed by atoms with Crippen LogP contribution in [0.1, 0.15) is 33.6 Å². The lowest BCUT2D eigenvalue weighted by molar-refractivity contribution is -0.202. The predicted molar refractivity (Wildman–Crippen MR) is 93.8 cm³/mol. The summed E-state index contributed by atoms with van der Waals surface area (Å²) in [6.45, 7) is 16.3. The molecule has 6 nitrogen and oxygen atoms in total. The van der Waals surface area contributed by atoms with Crippen molar-refractivity contribution in [3.63, 3.8) is 0 Å². The van der Waals surface area contributed by atoms with Crippen molar-refractivity contribution in [3.8, 4) is 0 Å². The zero-order valence-electron chi connectivity index (χ0n) is 15.3. The van der Waals surface area contributed by atoms with Crippen LogP contribution in [-0.2, 0) is 23.8 Å². The second-order valence-corrected chi connectivity index (χ2v) is 7.55. The van der Waals surface area contributed by atoms with Crippen LogP contribution in [0.4, 0.5) is 0 Å². The van der Waals surface area contributed by atoms with E-state index in [9.17, 15) is 14.7 Å². The van der Waals surface area contributed by atoms with Gasteiger partial charge in [0, 0.05) is 12.0 Å². The van der Waals surface area contributed by atoms with E-state index in [4.69, 9.17) is 14.2 Å². The SMILES string of the molecule is C=C(C)C(=O)O[C@@H]1C[C@]2(C)O[C@](O)(CC2=O)/C(C)=C\[C@H]2OC(=C)C(=C)[C@@H]21. The van der Waals surface area contributed by atoms with Gasteiger partial charge >= 0.3 is 5.97 Å². The van der Waals surface area contributed by atoms with Crippen molar-refractivity contribution in [2.75, 3.05) is 0 Å². The van der Waals surface area contributed by atoms with Crippen LogP contribution in [0, 0.1) is 5.92 Å². The maximum absolute atomic E-state index is 12.6. The molecular weight excluding hydrogens is 336 g/mol. The smallest absolute Gasteiger partial charge is 0.333 e.